The molecule has 2 amide bonds. The number of anilines is 1. The third-order valence-corrected chi connectivity index (χ3v) is 7.08. The zero-order valence-electron chi connectivity index (χ0n) is 21.5. The molecule has 0 unspecified atom stereocenters. The number of hydrogen-bond donors (Lipinski definition) is 3. The molecule has 0 aliphatic carbocycles. The van der Waals surface area contributed by atoms with Gasteiger partial charge in [-0.25, -0.2) is 12.8 Å². The summed E-state index contributed by atoms with van der Waals surface area (Å²) in [5.74, 6) is -0.518. The van der Waals surface area contributed by atoms with Gasteiger partial charge in [-0.05, 0) is 73.2 Å². The molecule has 0 saturated heterocycles. The number of amides is 2. The Labute approximate surface area is 226 Å². The van der Waals surface area contributed by atoms with Crippen LogP contribution < -0.4 is 19.5 Å². The minimum atomic E-state index is -3.93. The first-order chi connectivity index (χ1) is 18.6. The van der Waals surface area contributed by atoms with Crippen LogP contribution in [0.2, 0.25) is 0 Å². The second-order valence-electron chi connectivity index (χ2n) is 8.43. The Morgan fingerprint density at radius 3 is 2.18 bits per heavy atom. The van der Waals surface area contributed by atoms with Crippen molar-refractivity contribution in [3.63, 3.8) is 0 Å². The molecular formula is C27H30FN3O7S. The summed E-state index contributed by atoms with van der Waals surface area (Å²) in [6, 6.07) is 16.5. The van der Waals surface area contributed by atoms with Gasteiger partial charge in [-0.2, -0.15) is 0 Å². The Kier molecular flexibility index (Phi) is 10.2. The Bertz CT molecular complexity index is 1350. The summed E-state index contributed by atoms with van der Waals surface area (Å²) >= 11 is 0. The molecule has 208 valence electrons. The molecule has 0 heterocycles. The zero-order chi connectivity index (χ0) is 28.4. The van der Waals surface area contributed by atoms with Crippen molar-refractivity contribution in [2.75, 3.05) is 31.6 Å². The quantitative estimate of drug-likeness (QED) is 0.293. The van der Waals surface area contributed by atoms with Crippen LogP contribution in [0.3, 0.4) is 0 Å². The van der Waals surface area contributed by atoms with Crippen LogP contribution in [-0.4, -0.2) is 63.1 Å². The third kappa shape index (κ3) is 8.42. The van der Waals surface area contributed by atoms with E-state index in [1.54, 1.807) is 38.3 Å². The van der Waals surface area contributed by atoms with Crippen molar-refractivity contribution < 1.29 is 37.0 Å². The number of sulfonamides is 1. The van der Waals surface area contributed by atoms with E-state index in [2.05, 4.69) is 10.0 Å². The van der Waals surface area contributed by atoms with E-state index in [1.165, 1.54) is 41.3 Å². The predicted octanol–water partition coefficient (Wildman–Crippen LogP) is 2.54. The van der Waals surface area contributed by atoms with Gasteiger partial charge < -0.3 is 24.8 Å². The highest BCUT2D eigenvalue weighted by atomic mass is 32.2. The lowest BCUT2D eigenvalue weighted by molar-refractivity contribution is -0.142. The molecule has 1 atom stereocenters. The minimum absolute atomic E-state index is 0.0511. The predicted molar refractivity (Wildman–Crippen MR) is 142 cm³/mol. The number of aliphatic hydroxyl groups is 1. The van der Waals surface area contributed by atoms with Gasteiger partial charge in [0.2, 0.25) is 5.91 Å². The average Bonchev–Trinajstić information content (AvgIpc) is 2.94. The molecule has 3 N–H and O–H groups in total. The Morgan fingerprint density at radius 1 is 0.974 bits per heavy atom. The molecule has 0 radical (unpaired) electrons. The van der Waals surface area contributed by atoms with Crippen LogP contribution in [0.1, 0.15) is 12.5 Å². The largest absolute Gasteiger partial charge is 0.497 e. The number of nitrogens with one attached hydrogen (secondary N) is 2. The van der Waals surface area contributed by atoms with Gasteiger partial charge in [0.05, 0.1) is 18.6 Å². The number of benzene rings is 3. The molecular weight excluding hydrogens is 529 g/mol. The van der Waals surface area contributed by atoms with Crippen molar-refractivity contribution in [1.82, 2.24) is 10.2 Å². The van der Waals surface area contributed by atoms with Gasteiger partial charge in [-0.3, -0.25) is 14.3 Å². The van der Waals surface area contributed by atoms with E-state index < -0.39 is 40.3 Å². The van der Waals surface area contributed by atoms with Gasteiger partial charge in [0.25, 0.3) is 15.9 Å². The Hall–Kier alpha value is -4.16. The smallest absolute Gasteiger partial charge is 0.261 e. The van der Waals surface area contributed by atoms with E-state index in [-0.39, 0.29) is 36.0 Å². The molecule has 10 nitrogen and oxygen atoms in total. The van der Waals surface area contributed by atoms with Crippen molar-refractivity contribution in [2.45, 2.75) is 24.4 Å². The number of hydrogen-bond acceptors (Lipinski definition) is 7. The average molecular weight is 560 g/mol. The molecule has 12 heteroatoms. The van der Waals surface area contributed by atoms with E-state index in [0.29, 0.717) is 5.75 Å². The van der Waals surface area contributed by atoms with E-state index in [9.17, 15) is 22.4 Å². The number of nitrogens with zero attached hydrogens (tertiary/aromatic N) is 1. The van der Waals surface area contributed by atoms with E-state index >= 15 is 0 Å². The number of rotatable bonds is 13. The molecule has 0 aliphatic rings. The fraction of sp³-hybridized carbons (Fsp3) is 0.259. The zero-order valence-corrected chi connectivity index (χ0v) is 22.3. The third-order valence-electron chi connectivity index (χ3n) is 5.68. The van der Waals surface area contributed by atoms with Gasteiger partial charge in [-0.15, -0.1) is 0 Å². The first kappa shape index (κ1) is 29.4. The Balaban J connectivity index is 1.68. The summed E-state index contributed by atoms with van der Waals surface area (Å²) in [4.78, 5) is 27.0. The molecule has 3 rings (SSSR count). The van der Waals surface area contributed by atoms with Gasteiger partial charge >= 0.3 is 0 Å². The molecule has 0 aliphatic heterocycles. The minimum Gasteiger partial charge on any atom is -0.497 e. The molecule has 0 spiro atoms. The summed E-state index contributed by atoms with van der Waals surface area (Å²) in [5.41, 5.74) is 0.964. The first-order valence-corrected chi connectivity index (χ1v) is 13.4. The number of carbonyl (C=O) groups excluding carboxylic acids is 2. The van der Waals surface area contributed by atoms with Crippen molar-refractivity contribution in [2.24, 2.45) is 0 Å². The number of carbonyl (C=O) groups is 2. The van der Waals surface area contributed by atoms with Crippen LogP contribution in [0, 0.1) is 5.82 Å². The SMILES string of the molecule is COc1ccc(CN(C(=O)COc2ccc(S(=O)(=O)Nc3ccc(F)cc3)cc2)[C@H](C)C(=O)NCCO)cc1. The summed E-state index contributed by atoms with van der Waals surface area (Å²) in [7, 11) is -2.39. The van der Waals surface area contributed by atoms with Crippen LogP contribution in [0.25, 0.3) is 0 Å². The molecule has 0 aromatic heterocycles. The molecule has 0 saturated carbocycles. The number of aliphatic hydroxyl groups excluding tert-OH is 1. The highest BCUT2D eigenvalue weighted by molar-refractivity contribution is 7.92. The van der Waals surface area contributed by atoms with E-state index in [4.69, 9.17) is 14.6 Å². The molecule has 0 fully saturated rings. The maximum Gasteiger partial charge on any atom is 0.261 e. The normalized spacial score (nSPS) is 11.8. The van der Waals surface area contributed by atoms with Crippen LogP contribution in [-0.2, 0) is 26.2 Å². The summed E-state index contributed by atoms with van der Waals surface area (Å²) < 4.78 is 51.4. The maximum absolute atomic E-state index is 13.1. The second-order valence-corrected chi connectivity index (χ2v) is 10.1. The molecule has 3 aromatic rings. The van der Waals surface area contributed by atoms with E-state index in [0.717, 1.165) is 17.7 Å². The van der Waals surface area contributed by atoms with Crippen LogP contribution >= 0.6 is 0 Å². The number of methoxy groups -OCH3 is 1. The van der Waals surface area contributed by atoms with Crippen LogP contribution in [0.15, 0.2) is 77.7 Å². The molecule has 3 aromatic carbocycles. The topological polar surface area (TPSA) is 134 Å². The summed E-state index contributed by atoms with van der Waals surface area (Å²) in [6.07, 6.45) is 0. The standard InChI is InChI=1S/C27H30FN3O7S/c1-19(27(34)29-15-16-32)31(17-20-3-9-23(37-2)10-4-20)26(33)18-38-24-11-13-25(14-12-24)39(35,36)30-22-7-5-21(28)6-8-22/h3-14,19,30,32H,15-18H2,1-2H3,(H,29,34)/t19-/m1/s1. The lowest BCUT2D eigenvalue weighted by Gasteiger charge is -2.28. The molecule has 39 heavy (non-hydrogen) atoms. The summed E-state index contributed by atoms with van der Waals surface area (Å²) in [6.45, 7) is 1.09. The van der Waals surface area contributed by atoms with E-state index in [1.807, 2.05) is 0 Å². The monoisotopic (exact) mass is 559 g/mol. The van der Waals surface area contributed by atoms with Gasteiger partial charge in [0.1, 0.15) is 23.4 Å². The van der Waals surface area contributed by atoms with Gasteiger partial charge in [0, 0.05) is 18.8 Å². The van der Waals surface area contributed by atoms with Crippen molar-refractivity contribution >= 4 is 27.5 Å². The lowest BCUT2D eigenvalue weighted by atomic mass is 10.1. The van der Waals surface area contributed by atoms with Crippen LogP contribution in [0.4, 0.5) is 10.1 Å². The lowest BCUT2D eigenvalue weighted by Crippen LogP contribution is -2.49. The second kappa shape index (κ2) is 13.6. The Morgan fingerprint density at radius 2 is 1.59 bits per heavy atom. The fourth-order valence-corrected chi connectivity index (χ4v) is 4.57. The van der Waals surface area contributed by atoms with Crippen LogP contribution in [0.5, 0.6) is 11.5 Å². The number of ether oxygens (including phenoxy) is 2. The van der Waals surface area contributed by atoms with Gasteiger partial charge in [-0.1, -0.05) is 12.1 Å². The van der Waals surface area contributed by atoms with Crippen molar-refractivity contribution in [3.05, 3.63) is 84.2 Å². The summed E-state index contributed by atoms with van der Waals surface area (Å²) in [5, 5.41) is 11.6. The maximum atomic E-state index is 13.1. The fourth-order valence-electron chi connectivity index (χ4n) is 3.51. The van der Waals surface area contributed by atoms with Crippen molar-refractivity contribution in [3.8, 4) is 11.5 Å². The van der Waals surface area contributed by atoms with Gasteiger partial charge in [0.15, 0.2) is 6.61 Å². The van der Waals surface area contributed by atoms with Crippen molar-refractivity contribution in [1.29, 1.82) is 0 Å². The highest BCUT2D eigenvalue weighted by Gasteiger charge is 2.26. The molecule has 0 bridgehead atoms. The highest BCUT2D eigenvalue weighted by Crippen LogP contribution is 2.20. The number of halogens is 1. The first-order valence-electron chi connectivity index (χ1n) is 11.9.